The van der Waals surface area contributed by atoms with Crippen molar-refractivity contribution in [3.05, 3.63) is 22.6 Å². The molecular weight excluding hydrogens is 258 g/mol. The van der Waals surface area contributed by atoms with Gasteiger partial charge in [-0.2, -0.15) is 0 Å². The van der Waals surface area contributed by atoms with Crippen molar-refractivity contribution in [1.82, 2.24) is 4.90 Å². The molecule has 0 atom stereocenters. The second-order valence-corrected chi connectivity index (χ2v) is 5.61. The Kier molecular flexibility index (Phi) is 3.34. The fraction of sp³-hybridized carbons (Fsp3) is 0.667. The molecule has 5 nitrogen and oxygen atoms in total. The first kappa shape index (κ1) is 13.6. The summed E-state index contributed by atoms with van der Waals surface area (Å²) in [5.41, 5.74) is 1.66. The number of carbonyl (C=O) groups is 1. The van der Waals surface area contributed by atoms with E-state index in [0.717, 1.165) is 24.2 Å². The van der Waals surface area contributed by atoms with E-state index in [0.29, 0.717) is 37.6 Å². The number of piperidine rings is 1. The Labute approximate surface area is 118 Å². The summed E-state index contributed by atoms with van der Waals surface area (Å²) in [7, 11) is 0. The molecule has 0 aliphatic carbocycles. The second kappa shape index (κ2) is 4.90. The molecule has 2 saturated heterocycles. The number of likely N-dealkylation sites (tertiary alicyclic amines) is 1. The maximum atomic E-state index is 12.6. The highest BCUT2D eigenvalue weighted by molar-refractivity contribution is 5.96. The van der Waals surface area contributed by atoms with Gasteiger partial charge in [-0.3, -0.25) is 4.79 Å². The van der Waals surface area contributed by atoms with E-state index < -0.39 is 5.79 Å². The monoisotopic (exact) mass is 279 g/mol. The zero-order chi connectivity index (χ0) is 14.3. The van der Waals surface area contributed by atoms with Crippen molar-refractivity contribution < 1.29 is 18.7 Å². The average molecular weight is 279 g/mol. The quantitative estimate of drug-likeness (QED) is 0.790. The van der Waals surface area contributed by atoms with Crippen molar-refractivity contribution in [2.24, 2.45) is 0 Å². The van der Waals surface area contributed by atoms with E-state index in [1.54, 1.807) is 0 Å². The lowest BCUT2D eigenvalue weighted by Crippen LogP contribution is -2.47. The van der Waals surface area contributed by atoms with Crippen LogP contribution in [0.5, 0.6) is 0 Å². The van der Waals surface area contributed by atoms with E-state index in [9.17, 15) is 4.79 Å². The van der Waals surface area contributed by atoms with Crippen molar-refractivity contribution in [3.8, 4) is 0 Å². The van der Waals surface area contributed by atoms with Crippen molar-refractivity contribution in [1.29, 1.82) is 0 Å². The lowest BCUT2D eigenvalue weighted by molar-refractivity contribution is -0.181. The second-order valence-electron chi connectivity index (χ2n) is 5.61. The molecule has 1 amide bonds. The zero-order valence-corrected chi connectivity index (χ0v) is 12.3. The van der Waals surface area contributed by atoms with Crippen LogP contribution >= 0.6 is 0 Å². The normalized spacial score (nSPS) is 21.6. The van der Waals surface area contributed by atoms with Gasteiger partial charge in [-0.25, -0.2) is 0 Å². The molecule has 2 fully saturated rings. The van der Waals surface area contributed by atoms with E-state index in [1.165, 1.54) is 0 Å². The molecule has 1 aromatic heterocycles. The van der Waals surface area contributed by atoms with E-state index in [4.69, 9.17) is 13.9 Å². The summed E-state index contributed by atoms with van der Waals surface area (Å²) < 4.78 is 16.9. The standard InChI is InChI=1S/C15H21NO4/c1-10-11(2)20-12(3)13(10)14(17)16-6-4-15(5-7-16)18-8-9-19-15/h4-9H2,1-3H3. The van der Waals surface area contributed by atoms with Crippen LogP contribution in [0.4, 0.5) is 0 Å². The van der Waals surface area contributed by atoms with E-state index in [-0.39, 0.29) is 5.91 Å². The van der Waals surface area contributed by atoms with Crippen molar-refractivity contribution in [2.45, 2.75) is 39.4 Å². The number of aryl methyl sites for hydroxylation is 2. The highest BCUT2D eigenvalue weighted by Gasteiger charge is 2.41. The van der Waals surface area contributed by atoms with Gasteiger partial charge in [0.15, 0.2) is 5.79 Å². The van der Waals surface area contributed by atoms with Crippen LogP contribution in [0, 0.1) is 20.8 Å². The lowest BCUT2D eigenvalue weighted by Gasteiger charge is -2.37. The van der Waals surface area contributed by atoms with Crippen LogP contribution < -0.4 is 0 Å². The van der Waals surface area contributed by atoms with Gasteiger partial charge in [-0.05, 0) is 20.8 Å². The molecule has 0 unspecified atom stereocenters. The van der Waals surface area contributed by atoms with Gasteiger partial charge in [-0.1, -0.05) is 0 Å². The van der Waals surface area contributed by atoms with Gasteiger partial charge in [0.05, 0.1) is 18.8 Å². The topological polar surface area (TPSA) is 51.9 Å². The molecule has 2 aliphatic heterocycles. The average Bonchev–Trinajstić information content (AvgIpc) is 2.97. The number of nitrogens with zero attached hydrogens (tertiary/aromatic N) is 1. The van der Waals surface area contributed by atoms with E-state index in [1.807, 2.05) is 25.7 Å². The van der Waals surface area contributed by atoms with Crippen LogP contribution in [0.25, 0.3) is 0 Å². The summed E-state index contributed by atoms with van der Waals surface area (Å²) in [4.78, 5) is 14.5. The first-order valence-corrected chi connectivity index (χ1v) is 7.16. The van der Waals surface area contributed by atoms with Crippen LogP contribution in [-0.2, 0) is 9.47 Å². The van der Waals surface area contributed by atoms with Gasteiger partial charge in [0.25, 0.3) is 5.91 Å². The minimum absolute atomic E-state index is 0.0599. The van der Waals surface area contributed by atoms with Crippen molar-refractivity contribution >= 4 is 5.91 Å². The third-order valence-corrected chi connectivity index (χ3v) is 4.40. The lowest BCUT2D eigenvalue weighted by atomic mass is 10.0. The largest absolute Gasteiger partial charge is 0.466 e. The zero-order valence-electron chi connectivity index (χ0n) is 12.3. The van der Waals surface area contributed by atoms with Gasteiger partial charge in [0, 0.05) is 31.5 Å². The molecule has 3 heterocycles. The Morgan fingerprint density at radius 3 is 2.15 bits per heavy atom. The molecule has 0 radical (unpaired) electrons. The molecule has 20 heavy (non-hydrogen) atoms. The summed E-state index contributed by atoms with van der Waals surface area (Å²) in [5, 5.41) is 0. The summed E-state index contributed by atoms with van der Waals surface area (Å²) in [6.07, 6.45) is 1.49. The highest BCUT2D eigenvalue weighted by Crippen LogP contribution is 2.32. The molecule has 0 bridgehead atoms. The molecular formula is C15H21NO4. The number of furan rings is 1. The number of hydrogen-bond donors (Lipinski definition) is 0. The predicted octanol–water partition coefficient (Wildman–Crippen LogP) is 2.18. The first-order chi connectivity index (χ1) is 9.52. The molecule has 2 aliphatic rings. The van der Waals surface area contributed by atoms with Gasteiger partial charge < -0.3 is 18.8 Å². The molecule has 3 rings (SSSR count). The molecule has 0 aromatic carbocycles. The molecule has 110 valence electrons. The summed E-state index contributed by atoms with van der Waals surface area (Å²) >= 11 is 0. The van der Waals surface area contributed by atoms with Crippen LogP contribution in [-0.4, -0.2) is 42.9 Å². The minimum atomic E-state index is -0.437. The number of hydrogen-bond acceptors (Lipinski definition) is 4. The fourth-order valence-electron chi connectivity index (χ4n) is 3.10. The molecule has 0 N–H and O–H groups in total. The SMILES string of the molecule is Cc1oc(C)c(C(=O)N2CCC3(CC2)OCCO3)c1C. The maximum absolute atomic E-state index is 12.6. The van der Waals surface area contributed by atoms with Crippen molar-refractivity contribution in [3.63, 3.8) is 0 Å². The fourth-order valence-corrected chi connectivity index (χ4v) is 3.10. The van der Waals surface area contributed by atoms with E-state index >= 15 is 0 Å². The van der Waals surface area contributed by atoms with Crippen LogP contribution in [0.1, 0.15) is 40.3 Å². The maximum Gasteiger partial charge on any atom is 0.257 e. The molecule has 1 spiro atoms. The van der Waals surface area contributed by atoms with Crippen LogP contribution in [0.15, 0.2) is 4.42 Å². The highest BCUT2D eigenvalue weighted by atomic mass is 16.7. The summed E-state index contributed by atoms with van der Waals surface area (Å²) in [5.74, 6) is 1.15. The van der Waals surface area contributed by atoms with Gasteiger partial charge >= 0.3 is 0 Å². The van der Waals surface area contributed by atoms with Gasteiger partial charge in [-0.15, -0.1) is 0 Å². The summed E-state index contributed by atoms with van der Waals surface area (Å²) in [6, 6.07) is 0. The Morgan fingerprint density at radius 1 is 1.05 bits per heavy atom. The van der Waals surface area contributed by atoms with E-state index in [2.05, 4.69) is 0 Å². The Hall–Kier alpha value is -1.33. The Morgan fingerprint density at radius 2 is 1.65 bits per heavy atom. The molecule has 0 saturated carbocycles. The molecule has 1 aromatic rings. The van der Waals surface area contributed by atoms with Crippen LogP contribution in [0.3, 0.4) is 0 Å². The number of ether oxygens (including phenoxy) is 2. The summed E-state index contributed by atoms with van der Waals surface area (Å²) in [6.45, 7) is 8.34. The first-order valence-electron chi connectivity index (χ1n) is 7.16. The number of amides is 1. The van der Waals surface area contributed by atoms with Gasteiger partial charge in [0.2, 0.25) is 0 Å². The van der Waals surface area contributed by atoms with Gasteiger partial charge in [0.1, 0.15) is 11.5 Å². The van der Waals surface area contributed by atoms with Crippen molar-refractivity contribution in [2.75, 3.05) is 26.3 Å². The Bertz CT molecular complexity index is 518. The van der Waals surface area contributed by atoms with Crippen LogP contribution in [0.2, 0.25) is 0 Å². The Balaban J connectivity index is 1.73. The smallest absolute Gasteiger partial charge is 0.257 e. The predicted molar refractivity (Wildman–Crippen MR) is 72.7 cm³/mol. The third-order valence-electron chi connectivity index (χ3n) is 4.40. The number of rotatable bonds is 1. The number of carbonyl (C=O) groups excluding carboxylic acids is 1. The minimum Gasteiger partial charge on any atom is -0.466 e. The molecule has 5 heteroatoms. The third kappa shape index (κ3) is 2.15.